The van der Waals surface area contributed by atoms with Gasteiger partial charge in [0.2, 0.25) is 0 Å². The van der Waals surface area contributed by atoms with Gasteiger partial charge in [-0.05, 0) is 49.3 Å². The predicted molar refractivity (Wildman–Crippen MR) is 75.4 cm³/mol. The van der Waals surface area contributed by atoms with Crippen molar-refractivity contribution in [2.45, 2.75) is 51.9 Å². The minimum absolute atomic E-state index is 0.0782. The summed E-state index contributed by atoms with van der Waals surface area (Å²) in [5, 5.41) is 0. The van der Waals surface area contributed by atoms with Crippen LogP contribution in [0.15, 0.2) is 18.2 Å². The Morgan fingerprint density at radius 2 is 1.70 bits per heavy atom. The van der Waals surface area contributed by atoms with Crippen LogP contribution in [0.1, 0.15) is 51.0 Å². The van der Waals surface area contributed by atoms with E-state index < -0.39 is 11.6 Å². The van der Waals surface area contributed by atoms with E-state index in [0.29, 0.717) is 5.56 Å². The summed E-state index contributed by atoms with van der Waals surface area (Å²) in [6.45, 7) is 2.19. The van der Waals surface area contributed by atoms with Gasteiger partial charge >= 0.3 is 0 Å². The van der Waals surface area contributed by atoms with Gasteiger partial charge in [-0.2, -0.15) is 0 Å². The Balaban J connectivity index is 1.89. The van der Waals surface area contributed by atoms with E-state index in [-0.39, 0.29) is 18.1 Å². The Bertz CT molecular complexity index is 442. The molecule has 3 heteroatoms. The highest BCUT2D eigenvalue weighted by atomic mass is 19.1. The first kappa shape index (κ1) is 15.1. The van der Waals surface area contributed by atoms with Crippen LogP contribution in [0.5, 0.6) is 0 Å². The first-order chi connectivity index (χ1) is 9.58. The monoisotopic (exact) mass is 280 g/mol. The third kappa shape index (κ3) is 4.12. The third-order valence-electron chi connectivity index (χ3n) is 4.30. The van der Waals surface area contributed by atoms with Crippen LogP contribution in [0, 0.1) is 23.5 Å². The van der Waals surface area contributed by atoms with Gasteiger partial charge in [-0.15, -0.1) is 0 Å². The molecule has 0 aromatic heterocycles. The number of ketones is 1. The normalized spacial score (nSPS) is 22.8. The number of benzene rings is 1. The SMILES string of the molecule is CCCC1CCC(C(=O)Cc2cc(F)cc(F)c2)CC1. The number of carbonyl (C=O) groups excluding carboxylic acids is 1. The zero-order chi connectivity index (χ0) is 14.5. The van der Waals surface area contributed by atoms with Gasteiger partial charge in [0.05, 0.1) is 0 Å². The van der Waals surface area contributed by atoms with E-state index in [4.69, 9.17) is 0 Å². The number of rotatable bonds is 5. The van der Waals surface area contributed by atoms with Gasteiger partial charge in [-0.1, -0.05) is 19.8 Å². The van der Waals surface area contributed by atoms with Crippen LogP contribution >= 0.6 is 0 Å². The van der Waals surface area contributed by atoms with Crippen molar-refractivity contribution in [1.29, 1.82) is 0 Å². The van der Waals surface area contributed by atoms with Crippen LogP contribution < -0.4 is 0 Å². The summed E-state index contributed by atoms with van der Waals surface area (Å²) >= 11 is 0. The lowest BCUT2D eigenvalue weighted by atomic mass is 9.77. The number of halogens is 2. The zero-order valence-corrected chi connectivity index (χ0v) is 12.0. The number of hydrogen-bond donors (Lipinski definition) is 0. The van der Waals surface area contributed by atoms with Crippen molar-refractivity contribution in [2.75, 3.05) is 0 Å². The number of hydrogen-bond acceptors (Lipinski definition) is 1. The number of Topliss-reactive ketones (excluding diaryl/α,β-unsaturated/α-hetero) is 1. The molecule has 0 N–H and O–H groups in total. The topological polar surface area (TPSA) is 17.1 Å². The molecular formula is C17H22F2O. The molecule has 0 saturated heterocycles. The molecule has 1 aliphatic rings. The molecule has 0 unspecified atom stereocenters. The molecule has 0 aliphatic heterocycles. The Hall–Kier alpha value is -1.25. The van der Waals surface area contributed by atoms with Crippen molar-refractivity contribution in [2.24, 2.45) is 11.8 Å². The summed E-state index contributed by atoms with van der Waals surface area (Å²) in [6.07, 6.45) is 6.69. The van der Waals surface area contributed by atoms with E-state index in [1.165, 1.54) is 25.0 Å². The molecule has 1 aromatic carbocycles. The molecule has 0 heterocycles. The minimum atomic E-state index is -0.612. The summed E-state index contributed by atoms with van der Waals surface area (Å²) in [7, 11) is 0. The summed E-state index contributed by atoms with van der Waals surface area (Å²) in [4.78, 5) is 12.2. The fraction of sp³-hybridized carbons (Fsp3) is 0.588. The largest absolute Gasteiger partial charge is 0.299 e. The van der Waals surface area contributed by atoms with E-state index in [1.807, 2.05) is 0 Å². The van der Waals surface area contributed by atoms with Crippen molar-refractivity contribution in [3.63, 3.8) is 0 Å². The fourth-order valence-electron chi connectivity index (χ4n) is 3.24. The van der Waals surface area contributed by atoms with Gasteiger partial charge in [0.15, 0.2) is 0 Å². The van der Waals surface area contributed by atoms with Gasteiger partial charge in [0.1, 0.15) is 17.4 Å². The van der Waals surface area contributed by atoms with Crippen molar-refractivity contribution >= 4 is 5.78 Å². The molecule has 1 fully saturated rings. The van der Waals surface area contributed by atoms with Gasteiger partial charge in [-0.25, -0.2) is 8.78 Å². The third-order valence-corrected chi connectivity index (χ3v) is 4.30. The van der Waals surface area contributed by atoms with Gasteiger partial charge < -0.3 is 0 Å². The highest BCUT2D eigenvalue weighted by Crippen LogP contribution is 2.32. The summed E-state index contributed by atoms with van der Waals surface area (Å²) in [5.74, 6) is -0.256. The summed E-state index contributed by atoms with van der Waals surface area (Å²) in [6, 6.07) is 3.34. The lowest BCUT2D eigenvalue weighted by Gasteiger charge is -2.27. The first-order valence-electron chi connectivity index (χ1n) is 7.56. The van der Waals surface area contributed by atoms with Crippen molar-refractivity contribution < 1.29 is 13.6 Å². The second-order valence-electron chi connectivity index (χ2n) is 5.93. The molecule has 1 nitrogen and oxygen atoms in total. The zero-order valence-electron chi connectivity index (χ0n) is 12.0. The molecule has 110 valence electrons. The first-order valence-corrected chi connectivity index (χ1v) is 7.56. The van der Waals surface area contributed by atoms with Crippen molar-refractivity contribution in [3.05, 3.63) is 35.4 Å². The van der Waals surface area contributed by atoms with E-state index in [0.717, 1.165) is 37.7 Å². The molecular weight excluding hydrogens is 258 g/mol. The Morgan fingerprint density at radius 1 is 1.10 bits per heavy atom. The van der Waals surface area contributed by atoms with Crippen molar-refractivity contribution in [1.82, 2.24) is 0 Å². The maximum absolute atomic E-state index is 13.1. The Labute approximate surface area is 119 Å². The smallest absolute Gasteiger partial charge is 0.140 e. The molecule has 0 amide bonds. The fourth-order valence-corrected chi connectivity index (χ4v) is 3.24. The second-order valence-corrected chi connectivity index (χ2v) is 5.93. The van der Waals surface area contributed by atoms with Crippen LogP contribution in [0.2, 0.25) is 0 Å². The molecule has 0 spiro atoms. The lowest BCUT2D eigenvalue weighted by molar-refractivity contribution is -0.123. The Kier molecular flexibility index (Phi) is 5.27. The summed E-state index contributed by atoms with van der Waals surface area (Å²) < 4.78 is 26.2. The minimum Gasteiger partial charge on any atom is -0.299 e. The molecule has 20 heavy (non-hydrogen) atoms. The van der Waals surface area contributed by atoms with Crippen molar-refractivity contribution in [3.8, 4) is 0 Å². The van der Waals surface area contributed by atoms with E-state index in [1.54, 1.807) is 0 Å². The molecule has 1 aliphatic carbocycles. The average molecular weight is 280 g/mol. The summed E-state index contributed by atoms with van der Waals surface area (Å²) in [5.41, 5.74) is 0.447. The quantitative estimate of drug-likeness (QED) is 0.765. The molecule has 1 saturated carbocycles. The predicted octanol–water partition coefficient (Wildman–Crippen LogP) is 4.68. The average Bonchev–Trinajstić information content (AvgIpc) is 2.38. The highest BCUT2D eigenvalue weighted by Gasteiger charge is 2.25. The second kappa shape index (κ2) is 6.96. The van der Waals surface area contributed by atoms with Crippen LogP contribution in [-0.4, -0.2) is 5.78 Å². The van der Waals surface area contributed by atoms with Gasteiger partial charge in [-0.3, -0.25) is 4.79 Å². The van der Waals surface area contributed by atoms with E-state index >= 15 is 0 Å². The maximum Gasteiger partial charge on any atom is 0.140 e. The van der Waals surface area contributed by atoms with E-state index in [9.17, 15) is 13.6 Å². The standard InChI is InChI=1S/C17H22F2O/c1-2-3-12-4-6-14(7-5-12)17(20)10-13-8-15(18)11-16(19)9-13/h8-9,11-12,14H,2-7,10H2,1H3. The van der Waals surface area contributed by atoms with Crippen LogP contribution in [0.4, 0.5) is 8.78 Å². The molecule has 2 rings (SSSR count). The van der Waals surface area contributed by atoms with Crippen LogP contribution in [0.3, 0.4) is 0 Å². The highest BCUT2D eigenvalue weighted by molar-refractivity contribution is 5.83. The Morgan fingerprint density at radius 3 is 2.25 bits per heavy atom. The van der Waals surface area contributed by atoms with Gasteiger partial charge in [0, 0.05) is 18.4 Å². The molecule has 0 atom stereocenters. The molecule has 1 aromatic rings. The van der Waals surface area contributed by atoms with Crippen LogP contribution in [0.25, 0.3) is 0 Å². The molecule has 0 radical (unpaired) electrons. The molecule has 0 bridgehead atoms. The lowest BCUT2D eigenvalue weighted by Crippen LogP contribution is -2.23. The maximum atomic E-state index is 13.1. The van der Waals surface area contributed by atoms with E-state index in [2.05, 4.69) is 6.92 Å². The van der Waals surface area contributed by atoms with Gasteiger partial charge in [0.25, 0.3) is 0 Å². The van der Waals surface area contributed by atoms with Crippen LogP contribution in [-0.2, 0) is 11.2 Å². The number of carbonyl (C=O) groups is 1.